The minimum absolute atomic E-state index is 0.00655. The van der Waals surface area contributed by atoms with Gasteiger partial charge in [0, 0.05) is 18.8 Å². The van der Waals surface area contributed by atoms with E-state index in [1.54, 1.807) is 19.1 Å². The molecule has 0 radical (unpaired) electrons. The second-order valence-electron chi connectivity index (χ2n) is 12.4. The van der Waals surface area contributed by atoms with E-state index in [4.69, 9.17) is 13.9 Å². The lowest BCUT2D eigenvalue weighted by atomic mass is 9.67. The molecule has 1 N–H and O–H groups in total. The number of rotatable bonds is 2. The van der Waals surface area contributed by atoms with E-state index in [2.05, 4.69) is 39.2 Å². The number of nitrogens with one attached hydrogen (secondary N) is 1. The highest BCUT2D eigenvalue weighted by Gasteiger charge is 2.61. The largest absolute Gasteiger partial charge is 0.461 e. The summed E-state index contributed by atoms with van der Waals surface area (Å²) in [5.74, 6) is -0.688. The first kappa shape index (κ1) is 29.1. The van der Waals surface area contributed by atoms with Crippen LogP contribution in [0.25, 0.3) is 0 Å². The molecule has 0 unspecified atom stereocenters. The molecule has 0 saturated carbocycles. The molecule has 8 heteroatoms. The summed E-state index contributed by atoms with van der Waals surface area (Å²) >= 11 is 0. The number of ketones is 1. The second-order valence-corrected chi connectivity index (χ2v) is 17.2. The Balaban J connectivity index is 2.07. The predicted octanol–water partition coefficient (Wildman–Crippen LogP) is 5.79. The highest BCUT2D eigenvalue weighted by atomic mass is 28.4. The maximum atomic E-state index is 13.6. The molecule has 0 spiro atoms. The van der Waals surface area contributed by atoms with Gasteiger partial charge in [-0.25, -0.2) is 4.79 Å². The lowest BCUT2D eigenvalue weighted by Gasteiger charge is -2.51. The fourth-order valence-corrected chi connectivity index (χ4v) is 6.10. The topological polar surface area (TPSA) is 90.9 Å². The van der Waals surface area contributed by atoms with Gasteiger partial charge in [0.15, 0.2) is 14.1 Å². The Bertz CT molecular complexity index is 1050. The van der Waals surface area contributed by atoms with Crippen LogP contribution < -0.4 is 5.32 Å². The zero-order valence-electron chi connectivity index (χ0n) is 23.7. The third-order valence-corrected chi connectivity index (χ3v) is 12.9. The van der Waals surface area contributed by atoms with Crippen molar-refractivity contribution in [3.63, 3.8) is 0 Å². The molecular formula is C29H43NO6Si. The minimum atomic E-state index is -2.16. The molecule has 2 fully saturated rings. The van der Waals surface area contributed by atoms with Crippen molar-refractivity contribution in [2.75, 3.05) is 0 Å². The Kier molecular flexibility index (Phi) is 8.44. The molecule has 0 aromatic rings. The fourth-order valence-electron chi connectivity index (χ4n) is 4.82. The molecule has 0 aromatic heterocycles. The molecule has 0 aromatic carbocycles. The number of allylic oxidation sites excluding steroid dienone is 6. The molecule has 3 aliphatic heterocycles. The molecule has 6 atom stereocenters. The smallest absolute Gasteiger partial charge is 0.407 e. The lowest BCUT2D eigenvalue weighted by molar-refractivity contribution is -0.203. The standard InChI is InChI=1S/C29H43NO6Si/c1-18-10-13-21(31)14-11-19(2)16-24-29(7)25(35-27(33)30-24)20(3)23(34-26(29)32)17-22(15-12-18)36-37(8,9)28(4,5)6/h10-12,14-16,20,22-25H,13,17H2,1-9H3,(H,30,33)/b14-11+,15-12+,18-10+,19-16+/t20-,22+,23-,24-,25+,29+/m1/s1. The van der Waals surface area contributed by atoms with Crippen LogP contribution in [0.3, 0.4) is 0 Å². The summed E-state index contributed by atoms with van der Waals surface area (Å²) in [5, 5.41) is 2.78. The quantitative estimate of drug-likeness (QED) is 0.360. The van der Waals surface area contributed by atoms with Crippen LogP contribution in [-0.2, 0) is 23.5 Å². The average molecular weight is 530 g/mol. The summed E-state index contributed by atoms with van der Waals surface area (Å²) in [4.78, 5) is 38.6. The van der Waals surface area contributed by atoms with E-state index in [1.165, 1.54) is 6.08 Å². The first-order valence-corrected chi connectivity index (χ1v) is 16.1. The minimum Gasteiger partial charge on any atom is -0.461 e. The van der Waals surface area contributed by atoms with Gasteiger partial charge < -0.3 is 19.2 Å². The van der Waals surface area contributed by atoms with Crippen LogP contribution in [0.15, 0.2) is 47.6 Å². The van der Waals surface area contributed by atoms with Gasteiger partial charge in [-0.2, -0.15) is 0 Å². The van der Waals surface area contributed by atoms with Crippen LogP contribution in [0.5, 0.6) is 0 Å². The Labute approximate surface area is 222 Å². The molecule has 1 amide bonds. The van der Waals surface area contributed by atoms with E-state index in [9.17, 15) is 14.4 Å². The first-order valence-electron chi connectivity index (χ1n) is 13.1. The third-order valence-electron chi connectivity index (χ3n) is 8.38. The number of ether oxygens (including phenoxy) is 2. The van der Waals surface area contributed by atoms with Gasteiger partial charge in [-0.05, 0) is 45.0 Å². The Morgan fingerprint density at radius 1 is 1.05 bits per heavy atom. The van der Waals surface area contributed by atoms with Crippen LogP contribution in [0.1, 0.15) is 61.3 Å². The van der Waals surface area contributed by atoms with Crippen LogP contribution >= 0.6 is 0 Å². The number of hydrogen-bond donors (Lipinski definition) is 1. The number of carbonyl (C=O) groups excluding carboxylic acids is 3. The molecule has 37 heavy (non-hydrogen) atoms. The van der Waals surface area contributed by atoms with Crippen molar-refractivity contribution in [2.24, 2.45) is 11.3 Å². The molecule has 7 nitrogen and oxygen atoms in total. The first-order chi connectivity index (χ1) is 17.0. The number of hydrogen-bond acceptors (Lipinski definition) is 6. The van der Waals surface area contributed by atoms with Crippen LogP contribution in [-0.4, -0.2) is 50.5 Å². The average Bonchev–Trinajstić information content (AvgIpc) is 2.78. The molecule has 1 aliphatic carbocycles. The molecule has 3 heterocycles. The van der Waals surface area contributed by atoms with Crippen molar-refractivity contribution < 1.29 is 28.3 Å². The van der Waals surface area contributed by atoms with E-state index in [0.717, 1.165) is 11.1 Å². The van der Waals surface area contributed by atoms with E-state index < -0.39 is 44.0 Å². The van der Waals surface area contributed by atoms with Crippen molar-refractivity contribution in [1.29, 1.82) is 0 Å². The zero-order chi connectivity index (χ0) is 27.8. The van der Waals surface area contributed by atoms with Crippen LogP contribution in [0, 0.1) is 11.3 Å². The number of amides is 1. The number of fused-ring (bicyclic) bond motifs is 8. The summed E-state index contributed by atoms with van der Waals surface area (Å²) < 4.78 is 18.6. The zero-order valence-corrected chi connectivity index (χ0v) is 24.7. The number of alkyl carbamates (subject to hydrolysis) is 1. The monoisotopic (exact) mass is 529 g/mol. The van der Waals surface area contributed by atoms with Gasteiger partial charge in [0.05, 0.1) is 12.1 Å². The summed E-state index contributed by atoms with van der Waals surface area (Å²) in [7, 11) is -2.16. The van der Waals surface area contributed by atoms with Crippen molar-refractivity contribution in [1.82, 2.24) is 5.32 Å². The van der Waals surface area contributed by atoms with Crippen molar-refractivity contribution in [2.45, 2.75) is 104 Å². The highest BCUT2D eigenvalue weighted by Crippen LogP contribution is 2.45. The van der Waals surface area contributed by atoms with Crippen LogP contribution in [0.2, 0.25) is 18.1 Å². The second kappa shape index (κ2) is 10.7. The van der Waals surface area contributed by atoms with Gasteiger partial charge in [0.2, 0.25) is 0 Å². The normalized spacial score (nSPS) is 38.2. The lowest BCUT2D eigenvalue weighted by Crippen LogP contribution is -2.68. The summed E-state index contributed by atoms with van der Waals surface area (Å²) in [5.41, 5.74) is 0.606. The maximum absolute atomic E-state index is 13.6. The molecule has 4 aliphatic rings. The van der Waals surface area contributed by atoms with E-state index in [0.29, 0.717) is 6.42 Å². The van der Waals surface area contributed by atoms with Crippen molar-refractivity contribution in [3.05, 3.63) is 47.6 Å². The predicted molar refractivity (Wildman–Crippen MR) is 146 cm³/mol. The molecule has 2 saturated heterocycles. The number of esters is 1. The maximum Gasteiger partial charge on any atom is 0.407 e. The van der Waals surface area contributed by atoms with Gasteiger partial charge in [-0.15, -0.1) is 0 Å². The Hall–Kier alpha value is -2.45. The SMILES string of the molecule is CC1=C\CC(=O)/C=C/C(C)=C/[C@H]2NC(=O)O[C@H]3[C@H](C)[C@@H](C[C@@H](O[Si](C)(C)C(C)(C)C)\C=C\1)OC(=O)[C@@]23C. The van der Waals surface area contributed by atoms with Gasteiger partial charge in [-0.3, -0.25) is 9.59 Å². The van der Waals surface area contributed by atoms with E-state index >= 15 is 0 Å². The van der Waals surface area contributed by atoms with Gasteiger partial charge >= 0.3 is 12.1 Å². The summed E-state index contributed by atoms with van der Waals surface area (Å²) in [6.07, 6.45) is 9.62. The molecular weight excluding hydrogens is 486 g/mol. The fraction of sp³-hybridized carbons (Fsp3) is 0.621. The van der Waals surface area contributed by atoms with Crippen molar-refractivity contribution >= 4 is 26.2 Å². The third kappa shape index (κ3) is 6.34. The Morgan fingerprint density at radius 3 is 2.38 bits per heavy atom. The van der Waals surface area contributed by atoms with Gasteiger partial charge in [0.25, 0.3) is 0 Å². The van der Waals surface area contributed by atoms with Gasteiger partial charge in [0.1, 0.15) is 17.6 Å². The highest BCUT2D eigenvalue weighted by molar-refractivity contribution is 6.74. The van der Waals surface area contributed by atoms with E-state index in [-0.39, 0.29) is 29.3 Å². The Morgan fingerprint density at radius 2 is 1.73 bits per heavy atom. The number of carbonyl (C=O) groups is 3. The summed E-state index contributed by atoms with van der Waals surface area (Å²) in [6.45, 7) is 18.5. The molecule has 204 valence electrons. The van der Waals surface area contributed by atoms with E-state index in [1.807, 2.05) is 39.0 Å². The summed E-state index contributed by atoms with van der Waals surface area (Å²) in [6, 6.07) is -0.633. The van der Waals surface area contributed by atoms with Crippen molar-refractivity contribution in [3.8, 4) is 0 Å². The molecule has 4 rings (SSSR count). The van der Waals surface area contributed by atoms with Gasteiger partial charge in [-0.1, -0.05) is 69.2 Å². The van der Waals surface area contributed by atoms with Crippen LogP contribution in [0.4, 0.5) is 4.79 Å². The molecule has 4 bridgehead atoms.